The van der Waals surface area contributed by atoms with E-state index in [-0.39, 0.29) is 5.91 Å². The van der Waals surface area contributed by atoms with Crippen LogP contribution in [0.3, 0.4) is 0 Å². The quantitative estimate of drug-likeness (QED) is 0.862. The van der Waals surface area contributed by atoms with Gasteiger partial charge in [-0.05, 0) is 42.0 Å². The van der Waals surface area contributed by atoms with Gasteiger partial charge in [0.2, 0.25) is 0 Å². The molecule has 0 unspecified atom stereocenters. The number of halogens is 1. The van der Waals surface area contributed by atoms with Crippen molar-refractivity contribution >= 4 is 17.5 Å². The number of carbonyl (C=O) groups is 1. The fraction of sp³-hybridized carbons (Fsp3) is 0.235. The third kappa shape index (κ3) is 3.52. The molecule has 114 valence electrons. The molecule has 0 radical (unpaired) electrons. The summed E-state index contributed by atoms with van der Waals surface area (Å²) in [6.45, 7) is 1.51. The average Bonchev–Trinajstić information content (AvgIpc) is 2.99. The highest BCUT2D eigenvalue weighted by molar-refractivity contribution is 6.30. The average molecular weight is 318 g/mol. The number of amides is 1. The zero-order valence-corrected chi connectivity index (χ0v) is 12.7. The summed E-state index contributed by atoms with van der Waals surface area (Å²) in [6, 6.07) is 12.7. The minimum absolute atomic E-state index is 0.107. The number of benzene rings is 2. The Morgan fingerprint density at radius 2 is 2.18 bits per heavy atom. The number of hydrogen-bond donors (Lipinski definition) is 1. The van der Waals surface area contributed by atoms with Crippen LogP contribution < -0.4 is 14.8 Å². The summed E-state index contributed by atoms with van der Waals surface area (Å²) >= 11 is 5.87. The van der Waals surface area contributed by atoms with Crippen molar-refractivity contribution in [1.82, 2.24) is 5.32 Å². The van der Waals surface area contributed by atoms with Crippen LogP contribution in [0, 0.1) is 0 Å². The lowest BCUT2D eigenvalue weighted by Crippen LogP contribution is -2.28. The summed E-state index contributed by atoms with van der Waals surface area (Å²) < 4.78 is 11.0. The molecule has 2 aromatic rings. The molecule has 1 N–H and O–H groups in total. The maximum absolute atomic E-state index is 12.1. The third-order valence-corrected chi connectivity index (χ3v) is 3.64. The SMILES string of the molecule is O=C(NCCOc1cccc(Cl)c1)c1ccc2c(c1)CCO2. The Labute approximate surface area is 134 Å². The molecule has 3 rings (SSSR count). The van der Waals surface area contributed by atoms with Gasteiger partial charge in [-0.25, -0.2) is 0 Å². The highest BCUT2D eigenvalue weighted by Crippen LogP contribution is 2.25. The number of fused-ring (bicyclic) bond motifs is 1. The van der Waals surface area contributed by atoms with Crippen LogP contribution in [-0.2, 0) is 6.42 Å². The van der Waals surface area contributed by atoms with E-state index in [0.717, 1.165) is 17.7 Å². The van der Waals surface area contributed by atoms with Crippen LogP contribution in [-0.4, -0.2) is 25.7 Å². The van der Waals surface area contributed by atoms with Gasteiger partial charge >= 0.3 is 0 Å². The molecule has 0 bridgehead atoms. The lowest BCUT2D eigenvalue weighted by atomic mass is 10.1. The van der Waals surface area contributed by atoms with E-state index in [1.54, 1.807) is 18.2 Å². The molecule has 4 nitrogen and oxygen atoms in total. The van der Waals surface area contributed by atoms with Crippen LogP contribution in [0.2, 0.25) is 5.02 Å². The van der Waals surface area contributed by atoms with Crippen LogP contribution in [0.25, 0.3) is 0 Å². The Balaban J connectivity index is 1.48. The molecule has 1 aliphatic rings. The lowest BCUT2D eigenvalue weighted by Gasteiger charge is -2.08. The first-order valence-corrected chi connectivity index (χ1v) is 7.52. The van der Waals surface area contributed by atoms with Crippen molar-refractivity contribution in [2.24, 2.45) is 0 Å². The van der Waals surface area contributed by atoms with Gasteiger partial charge in [-0.2, -0.15) is 0 Å². The first-order valence-electron chi connectivity index (χ1n) is 7.15. The summed E-state index contributed by atoms with van der Waals surface area (Å²) in [5, 5.41) is 3.46. The van der Waals surface area contributed by atoms with Crippen LogP contribution in [0.5, 0.6) is 11.5 Å². The first-order chi connectivity index (χ1) is 10.7. The topological polar surface area (TPSA) is 47.6 Å². The van der Waals surface area contributed by atoms with Gasteiger partial charge < -0.3 is 14.8 Å². The molecule has 1 amide bonds. The normalized spacial score (nSPS) is 12.4. The Morgan fingerprint density at radius 3 is 3.05 bits per heavy atom. The van der Waals surface area contributed by atoms with Crippen molar-refractivity contribution in [2.75, 3.05) is 19.8 Å². The second kappa shape index (κ2) is 6.71. The predicted molar refractivity (Wildman–Crippen MR) is 84.9 cm³/mol. The second-order valence-corrected chi connectivity index (χ2v) is 5.42. The van der Waals surface area contributed by atoms with E-state index in [2.05, 4.69) is 5.32 Å². The van der Waals surface area contributed by atoms with Gasteiger partial charge in [0.15, 0.2) is 0 Å². The van der Waals surface area contributed by atoms with E-state index in [1.807, 2.05) is 24.3 Å². The molecule has 0 aliphatic carbocycles. The molecule has 1 heterocycles. The summed E-state index contributed by atoms with van der Waals surface area (Å²) in [7, 11) is 0. The van der Waals surface area contributed by atoms with Crippen molar-refractivity contribution in [3.05, 3.63) is 58.6 Å². The molecule has 0 saturated carbocycles. The molecule has 2 aromatic carbocycles. The van der Waals surface area contributed by atoms with Crippen molar-refractivity contribution in [1.29, 1.82) is 0 Å². The lowest BCUT2D eigenvalue weighted by molar-refractivity contribution is 0.0947. The fourth-order valence-corrected chi connectivity index (χ4v) is 2.50. The Bertz CT molecular complexity index is 687. The van der Waals surface area contributed by atoms with E-state index >= 15 is 0 Å². The van der Waals surface area contributed by atoms with Gasteiger partial charge in [0.1, 0.15) is 18.1 Å². The molecule has 0 atom stereocenters. The summed E-state index contributed by atoms with van der Waals surface area (Å²) in [6.07, 6.45) is 0.855. The smallest absolute Gasteiger partial charge is 0.251 e. The number of ether oxygens (including phenoxy) is 2. The molecule has 0 spiro atoms. The highest BCUT2D eigenvalue weighted by Gasteiger charge is 2.14. The fourth-order valence-electron chi connectivity index (χ4n) is 2.32. The van der Waals surface area contributed by atoms with Gasteiger partial charge in [0, 0.05) is 17.0 Å². The van der Waals surface area contributed by atoms with Crippen molar-refractivity contribution in [3.63, 3.8) is 0 Å². The van der Waals surface area contributed by atoms with Gasteiger partial charge in [-0.15, -0.1) is 0 Å². The van der Waals surface area contributed by atoms with Crippen LogP contribution in [0.4, 0.5) is 0 Å². The molecule has 1 aliphatic heterocycles. The number of carbonyl (C=O) groups excluding carboxylic acids is 1. The van der Waals surface area contributed by atoms with Gasteiger partial charge in [0.25, 0.3) is 5.91 Å². The molecular formula is C17H16ClNO3. The second-order valence-electron chi connectivity index (χ2n) is 4.98. The van der Waals surface area contributed by atoms with Crippen molar-refractivity contribution in [3.8, 4) is 11.5 Å². The Morgan fingerprint density at radius 1 is 1.27 bits per heavy atom. The first kappa shape index (κ1) is 14.7. The minimum Gasteiger partial charge on any atom is -0.493 e. The van der Waals surface area contributed by atoms with E-state index < -0.39 is 0 Å². The largest absolute Gasteiger partial charge is 0.493 e. The Hall–Kier alpha value is -2.20. The van der Waals surface area contributed by atoms with Gasteiger partial charge in [-0.3, -0.25) is 4.79 Å². The van der Waals surface area contributed by atoms with Crippen LogP contribution >= 0.6 is 11.6 Å². The standard InChI is InChI=1S/C17H16ClNO3/c18-14-2-1-3-15(11-14)21-9-7-19-17(20)13-4-5-16-12(10-13)6-8-22-16/h1-5,10-11H,6-9H2,(H,19,20). The molecular weight excluding hydrogens is 302 g/mol. The van der Waals surface area contributed by atoms with E-state index in [9.17, 15) is 4.79 Å². The maximum Gasteiger partial charge on any atom is 0.251 e. The zero-order chi connectivity index (χ0) is 15.4. The monoisotopic (exact) mass is 317 g/mol. The summed E-state index contributed by atoms with van der Waals surface area (Å²) in [4.78, 5) is 12.1. The summed E-state index contributed by atoms with van der Waals surface area (Å²) in [5.74, 6) is 1.46. The van der Waals surface area contributed by atoms with E-state index in [1.165, 1.54) is 0 Å². The number of rotatable bonds is 5. The highest BCUT2D eigenvalue weighted by atomic mass is 35.5. The van der Waals surface area contributed by atoms with E-state index in [4.69, 9.17) is 21.1 Å². The summed E-state index contributed by atoms with van der Waals surface area (Å²) in [5.41, 5.74) is 1.73. The third-order valence-electron chi connectivity index (χ3n) is 3.40. The molecule has 0 saturated heterocycles. The molecule has 0 fully saturated rings. The van der Waals surface area contributed by atoms with Crippen LogP contribution in [0.1, 0.15) is 15.9 Å². The van der Waals surface area contributed by atoms with Crippen molar-refractivity contribution in [2.45, 2.75) is 6.42 Å². The molecule has 0 aromatic heterocycles. The number of hydrogen-bond acceptors (Lipinski definition) is 3. The zero-order valence-electron chi connectivity index (χ0n) is 12.0. The van der Waals surface area contributed by atoms with E-state index in [0.29, 0.717) is 36.1 Å². The maximum atomic E-state index is 12.1. The van der Waals surface area contributed by atoms with Crippen LogP contribution in [0.15, 0.2) is 42.5 Å². The molecule has 5 heteroatoms. The Kier molecular flexibility index (Phi) is 4.49. The van der Waals surface area contributed by atoms with Crippen molar-refractivity contribution < 1.29 is 14.3 Å². The predicted octanol–water partition coefficient (Wildman–Crippen LogP) is 3.08. The number of nitrogens with one attached hydrogen (secondary N) is 1. The minimum atomic E-state index is -0.107. The van der Waals surface area contributed by atoms with Gasteiger partial charge in [-0.1, -0.05) is 17.7 Å². The van der Waals surface area contributed by atoms with Gasteiger partial charge in [0.05, 0.1) is 13.2 Å². The molecule has 22 heavy (non-hydrogen) atoms.